The van der Waals surface area contributed by atoms with E-state index in [4.69, 9.17) is 0 Å². The van der Waals surface area contributed by atoms with Gasteiger partial charge in [-0.05, 0) is 30.9 Å². The first-order valence-corrected chi connectivity index (χ1v) is 9.69. The minimum atomic E-state index is -2.82. The van der Waals surface area contributed by atoms with Gasteiger partial charge < -0.3 is 9.80 Å². The lowest BCUT2D eigenvalue weighted by molar-refractivity contribution is -0.138. The molecule has 0 bridgehead atoms. The molecule has 0 N–H and O–H groups in total. The van der Waals surface area contributed by atoms with Crippen molar-refractivity contribution in [3.05, 3.63) is 47.5 Å². The molecule has 0 saturated carbocycles. The third kappa shape index (κ3) is 3.61. The SMILES string of the molecule is Cn1cc(C(=O)N2CCCC3(CCN(Cc4cccnc4)C3=O)C2)c(C(F)F)n1. The number of aryl methyl sites for hydroxylation is 1. The van der Waals surface area contributed by atoms with Gasteiger partial charge in [-0.25, -0.2) is 8.78 Å². The zero-order valence-corrected chi connectivity index (χ0v) is 16.2. The number of piperidine rings is 1. The average Bonchev–Trinajstić information content (AvgIpc) is 3.24. The van der Waals surface area contributed by atoms with E-state index in [9.17, 15) is 18.4 Å². The second-order valence-electron chi connectivity index (χ2n) is 7.85. The second-order valence-corrected chi connectivity index (χ2v) is 7.85. The zero-order chi connectivity index (χ0) is 20.6. The van der Waals surface area contributed by atoms with Crippen LogP contribution in [0, 0.1) is 5.41 Å². The van der Waals surface area contributed by atoms with Gasteiger partial charge in [0.25, 0.3) is 12.3 Å². The first-order chi connectivity index (χ1) is 13.9. The van der Waals surface area contributed by atoms with Gasteiger partial charge >= 0.3 is 0 Å². The molecule has 0 radical (unpaired) electrons. The largest absolute Gasteiger partial charge is 0.338 e. The molecular formula is C20H23F2N5O2. The van der Waals surface area contributed by atoms with Crippen molar-refractivity contribution < 1.29 is 18.4 Å². The van der Waals surface area contributed by atoms with Crippen LogP contribution in [0.4, 0.5) is 8.78 Å². The number of carbonyl (C=O) groups excluding carboxylic acids is 2. The maximum absolute atomic E-state index is 13.3. The normalized spacial score (nSPS) is 22.1. The maximum atomic E-state index is 13.3. The van der Waals surface area contributed by atoms with Crippen LogP contribution < -0.4 is 0 Å². The Morgan fingerprint density at radius 2 is 2.14 bits per heavy atom. The third-order valence-electron chi connectivity index (χ3n) is 5.86. The third-order valence-corrected chi connectivity index (χ3v) is 5.86. The van der Waals surface area contributed by atoms with E-state index in [2.05, 4.69) is 10.1 Å². The number of hydrogen-bond donors (Lipinski definition) is 0. The van der Waals surface area contributed by atoms with Gasteiger partial charge in [0.15, 0.2) is 0 Å². The van der Waals surface area contributed by atoms with Gasteiger partial charge in [0.1, 0.15) is 5.69 Å². The molecule has 154 valence electrons. The summed E-state index contributed by atoms with van der Waals surface area (Å²) in [4.78, 5) is 33.6. The van der Waals surface area contributed by atoms with E-state index in [0.29, 0.717) is 38.9 Å². The van der Waals surface area contributed by atoms with Gasteiger partial charge in [0.2, 0.25) is 5.91 Å². The molecule has 1 atom stereocenters. The number of alkyl halides is 2. The summed E-state index contributed by atoms with van der Waals surface area (Å²) in [5.74, 6) is -0.454. The van der Waals surface area contributed by atoms with Crippen molar-refractivity contribution in [2.75, 3.05) is 19.6 Å². The number of hydrogen-bond acceptors (Lipinski definition) is 4. The van der Waals surface area contributed by atoms with Crippen molar-refractivity contribution >= 4 is 11.8 Å². The smallest absolute Gasteiger partial charge is 0.282 e. The summed E-state index contributed by atoms with van der Waals surface area (Å²) in [6, 6.07) is 3.76. The first kappa shape index (κ1) is 19.5. The molecule has 9 heteroatoms. The van der Waals surface area contributed by atoms with Crippen molar-refractivity contribution in [2.45, 2.75) is 32.2 Å². The Morgan fingerprint density at radius 3 is 2.86 bits per heavy atom. The van der Waals surface area contributed by atoms with Crippen molar-refractivity contribution in [2.24, 2.45) is 12.5 Å². The van der Waals surface area contributed by atoms with Crippen molar-refractivity contribution in [1.29, 1.82) is 0 Å². The highest BCUT2D eigenvalue weighted by Gasteiger charge is 2.49. The number of amides is 2. The number of aromatic nitrogens is 3. The van der Waals surface area contributed by atoms with Crippen LogP contribution in [0.3, 0.4) is 0 Å². The van der Waals surface area contributed by atoms with E-state index >= 15 is 0 Å². The fraction of sp³-hybridized carbons (Fsp3) is 0.500. The highest BCUT2D eigenvalue weighted by atomic mass is 19.3. The molecule has 2 saturated heterocycles. The molecule has 2 fully saturated rings. The molecule has 29 heavy (non-hydrogen) atoms. The second kappa shape index (κ2) is 7.53. The number of carbonyl (C=O) groups is 2. The van der Waals surface area contributed by atoms with Crippen LogP contribution in [-0.4, -0.2) is 56.0 Å². The maximum Gasteiger partial charge on any atom is 0.282 e. The number of rotatable bonds is 4. The number of nitrogens with zero attached hydrogens (tertiary/aromatic N) is 5. The Labute approximate surface area is 167 Å². The Kier molecular flexibility index (Phi) is 5.06. The Morgan fingerprint density at radius 1 is 1.31 bits per heavy atom. The van der Waals surface area contributed by atoms with Gasteiger partial charge in [-0.2, -0.15) is 5.10 Å². The Balaban J connectivity index is 1.51. The summed E-state index contributed by atoms with van der Waals surface area (Å²) in [6.07, 6.45) is 3.96. The molecule has 4 rings (SSSR count). The number of halogens is 2. The summed E-state index contributed by atoms with van der Waals surface area (Å²) in [7, 11) is 1.51. The van der Waals surface area contributed by atoms with Crippen LogP contribution in [0.2, 0.25) is 0 Å². The van der Waals surface area contributed by atoms with Crippen LogP contribution >= 0.6 is 0 Å². The first-order valence-electron chi connectivity index (χ1n) is 9.69. The van der Waals surface area contributed by atoms with Crippen LogP contribution in [0.15, 0.2) is 30.7 Å². The fourth-order valence-electron chi connectivity index (χ4n) is 4.44. The van der Waals surface area contributed by atoms with Crippen LogP contribution in [0.25, 0.3) is 0 Å². The minimum absolute atomic E-state index is 0.0270. The molecule has 4 heterocycles. The molecule has 2 aliphatic heterocycles. The lowest BCUT2D eigenvalue weighted by atomic mass is 9.78. The molecule has 2 aliphatic rings. The summed E-state index contributed by atoms with van der Waals surface area (Å²) < 4.78 is 27.8. The van der Waals surface area contributed by atoms with Gasteiger partial charge in [-0.15, -0.1) is 0 Å². The van der Waals surface area contributed by atoms with Crippen LogP contribution in [0.5, 0.6) is 0 Å². The highest BCUT2D eigenvalue weighted by molar-refractivity contribution is 5.96. The monoisotopic (exact) mass is 403 g/mol. The molecule has 2 amide bonds. The molecule has 7 nitrogen and oxygen atoms in total. The van der Waals surface area contributed by atoms with E-state index in [1.807, 2.05) is 12.1 Å². The summed E-state index contributed by atoms with van der Waals surface area (Å²) >= 11 is 0. The fourth-order valence-corrected chi connectivity index (χ4v) is 4.44. The average molecular weight is 403 g/mol. The lowest BCUT2D eigenvalue weighted by Gasteiger charge is -2.39. The van der Waals surface area contributed by atoms with Crippen molar-refractivity contribution in [3.8, 4) is 0 Å². The Hall–Kier alpha value is -2.84. The van der Waals surface area contributed by atoms with Crippen LogP contribution in [0.1, 0.15) is 47.3 Å². The number of likely N-dealkylation sites (tertiary alicyclic amines) is 2. The molecule has 0 aromatic carbocycles. The molecule has 1 spiro atoms. The summed E-state index contributed by atoms with van der Waals surface area (Å²) in [5, 5.41) is 3.73. The van der Waals surface area contributed by atoms with Gasteiger partial charge in [-0.1, -0.05) is 6.07 Å². The molecular weight excluding hydrogens is 380 g/mol. The molecule has 2 aromatic heterocycles. The van der Waals surface area contributed by atoms with Crippen molar-refractivity contribution in [1.82, 2.24) is 24.6 Å². The van der Waals surface area contributed by atoms with Gasteiger partial charge in [0, 0.05) is 51.8 Å². The predicted molar refractivity (Wildman–Crippen MR) is 100 cm³/mol. The van der Waals surface area contributed by atoms with E-state index in [1.165, 1.54) is 22.8 Å². The zero-order valence-electron chi connectivity index (χ0n) is 16.2. The van der Waals surface area contributed by atoms with E-state index in [1.54, 1.807) is 17.3 Å². The lowest BCUT2D eigenvalue weighted by Crippen LogP contribution is -2.49. The summed E-state index contributed by atoms with van der Waals surface area (Å²) in [5.41, 5.74) is -0.271. The van der Waals surface area contributed by atoms with E-state index in [0.717, 1.165) is 5.56 Å². The van der Waals surface area contributed by atoms with Crippen LogP contribution in [-0.2, 0) is 18.4 Å². The van der Waals surface area contributed by atoms with E-state index in [-0.39, 0.29) is 18.0 Å². The molecule has 2 aromatic rings. The minimum Gasteiger partial charge on any atom is -0.338 e. The quantitative estimate of drug-likeness (QED) is 0.786. The van der Waals surface area contributed by atoms with Gasteiger partial charge in [0.05, 0.1) is 11.0 Å². The number of pyridine rings is 1. The van der Waals surface area contributed by atoms with Gasteiger partial charge in [-0.3, -0.25) is 19.3 Å². The topological polar surface area (TPSA) is 71.3 Å². The van der Waals surface area contributed by atoms with Crippen molar-refractivity contribution in [3.63, 3.8) is 0 Å². The molecule has 0 aliphatic carbocycles. The Bertz CT molecular complexity index is 917. The van der Waals surface area contributed by atoms with E-state index < -0.39 is 23.4 Å². The molecule has 1 unspecified atom stereocenters. The highest BCUT2D eigenvalue weighted by Crippen LogP contribution is 2.41. The standard InChI is InChI=1S/C20H23F2N5O2/c1-25-12-15(16(24-25)17(21)22)18(28)27-8-3-5-20(13-27)6-9-26(19(20)29)11-14-4-2-7-23-10-14/h2,4,7,10,12,17H,3,5-6,8-9,11,13H2,1H3. The predicted octanol–water partition coefficient (Wildman–Crippen LogP) is 2.41. The summed E-state index contributed by atoms with van der Waals surface area (Å²) in [6.45, 7) is 1.81.